The average molecular weight is 326 g/mol. The third-order valence-corrected chi connectivity index (χ3v) is 3.56. The van der Waals surface area contributed by atoms with Crippen LogP contribution in [0.4, 0.5) is 4.79 Å². The van der Waals surface area contributed by atoms with E-state index < -0.39 is 22.5 Å². The second-order valence-electron chi connectivity index (χ2n) is 4.68. The van der Waals surface area contributed by atoms with Gasteiger partial charge in [-0.1, -0.05) is 18.2 Å². The van der Waals surface area contributed by atoms with Crippen molar-refractivity contribution in [2.75, 3.05) is 20.3 Å². The van der Waals surface area contributed by atoms with E-state index in [9.17, 15) is 17.8 Å². The van der Waals surface area contributed by atoms with Crippen molar-refractivity contribution in [2.24, 2.45) is 0 Å². The number of hydroxylamine groups is 2. The number of carbonyl (C=O) groups excluding carboxylic acids is 1. The van der Waals surface area contributed by atoms with Gasteiger partial charge in [0.05, 0.1) is 19.2 Å². The minimum Gasteiger partial charge on any atom is -0.724 e. The minimum atomic E-state index is -5.02. The maximum atomic E-state index is 12.1. The molecule has 2 aliphatic rings. The number of ether oxygens (including phenoxy) is 1. The third kappa shape index (κ3) is 3.86. The summed E-state index contributed by atoms with van der Waals surface area (Å²) in [5.41, 5.74) is 1.33. The zero-order chi connectivity index (χ0) is 15.1. The molecule has 2 amide bonds. The van der Waals surface area contributed by atoms with E-state index in [1.807, 2.05) is 0 Å². The van der Waals surface area contributed by atoms with E-state index in [1.165, 1.54) is 12.0 Å². The summed E-state index contributed by atoms with van der Waals surface area (Å²) < 4.78 is 41.5. The molecule has 0 saturated carbocycles. The molecular formula is C11H15N2NaO6S. The zero-order valence-electron chi connectivity index (χ0n) is 12.1. The summed E-state index contributed by atoms with van der Waals surface area (Å²) in [5, 5.41) is 0.596. The SMILES string of the molecule is C=C(C)C1=C[C@@H](COC)N2C[C@@H]1N(OS(=O)(=O)[O-])C2=O.[Na+]. The van der Waals surface area contributed by atoms with Gasteiger partial charge in [-0.2, -0.15) is 9.35 Å². The summed E-state index contributed by atoms with van der Waals surface area (Å²) in [6.45, 7) is 6.01. The van der Waals surface area contributed by atoms with E-state index in [2.05, 4.69) is 10.9 Å². The van der Waals surface area contributed by atoms with Crippen LogP contribution >= 0.6 is 0 Å². The molecule has 0 aromatic rings. The molecule has 2 rings (SSSR count). The summed E-state index contributed by atoms with van der Waals surface area (Å²) in [7, 11) is -3.52. The van der Waals surface area contributed by atoms with E-state index in [0.29, 0.717) is 16.2 Å². The van der Waals surface area contributed by atoms with Crippen molar-refractivity contribution in [3.05, 3.63) is 23.8 Å². The van der Waals surface area contributed by atoms with Crippen molar-refractivity contribution in [1.29, 1.82) is 0 Å². The number of amides is 2. The second kappa shape index (κ2) is 6.78. The van der Waals surface area contributed by atoms with Gasteiger partial charge in [0.2, 0.25) is 10.4 Å². The Morgan fingerprint density at radius 3 is 2.67 bits per heavy atom. The number of fused-ring (bicyclic) bond motifs is 2. The Bertz CT molecular complexity index is 575. The Morgan fingerprint density at radius 1 is 1.57 bits per heavy atom. The van der Waals surface area contributed by atoms with Gasteiger partial charge in [-0.15, -0.1) is 0 Å². The monoisotopic (exact) mass is 326 g/mol. The molecule has 0 radical (unpaired) electrons. The molecular weight excluding hydrogens is 311 g/mol. The molecule has 2 heterocycles. The first-order chi connectivity index (χ1) is 9.24. The van der Waals surface area contributed by atoms with E-state index in [1.54, 1.807) is 13.0 Å². The quantitative estimate of drug-likeness (QED) is 0.304. The molecule has 0 spiro atoms. The topological polar surface area (TPSA) is 99.2 Å². The number of methoxy groups -OCH3 is 1. The van der Waals surface area contributed by atoms with Crippen molar-refractivity contribution in [1.82, 2.24) is 9.96 Å². The molecule has 1 saturated heterocycles. The number of hydrogen-bond donors (Lipinski definition) is 0. The van der Waals surface area contributed by atoms with Crippen molar-refractivity contribution < 1.29 is 56.3 Å². The van der Waals surface area contributed by atoms with Crippen LogP contribution in [0.3, 0.4) is 0 Å². The fraction of sp³-hybridized carbons (Fsp3) is 0.545. The van der Waals surface area contributed by atoms with Crippen LogP contribution in [0.2, 0.25) is 0 Å². The maximum absolute atomic E-state index is 12.1. The van der Waals surface area contributed by atoms with Crippen LogP contribution < -0.4 is 29.6 Å². The summed E-state index contributed by atoms with van der Waals surface area (Å²) in [4.78, 5) is 13.5. The van der Waals surface area contributed by atoms with Gasteiger partial charge in [0, 0.05) is 7.11 Å². The molecule has 21 heavy (non-hydrogen) atoms. The van der Waals surface area contributed by atoms with Gasteiger partial charge in [-0.05, 0) is 12.5 Å². The van der Waals surface area contributed by atoms with Crippen LogP contribution in [0.25, 0.3) is 0 Å². The van der Waals surface area contributed by atoms with Crippen LogP contribution in [0.1, 0.15) is 6.92 Å². The Kier molecular flexibility index (Phi) is 6.01. The number of hydrogen-bond acceptors (Lipinski definition) is 6. The molecule has 1 fully saturated rings. The molecule has 0 aromatic heterocycles. The zero-order valence-corrected chi connectivity index (χ0v) is 14.9. The number of rotatable bonds is 5. The summed E-state index contributed by atoms with van der Waals surface area (Å²) in [5.74, 6) is 0. The standard InChI is InChI=1S/C11H16N2O6S.Na/c1-7(2)9-4-8(6-18-3)12-5-10(9)13(11(12)14)19-20(15,16)17;/h4,8,10H,1,5-6H2,2-3H3,(H,15,16,17);/q;+1/p-1/t8-,10-;/m0./s1. The Balaban J connectivity index is 0.00000220. The molecule has 0 unspecified atom stereocenters. The molecule has 8 nitrogen and oxygen atoms in total. The third-order valence-electron chi connectivity index (χ3n) is 3.22. The van der Waals surface area contributed by atoms with Gasteiger partial charge in [-0.3, -0.25) is 0 Å². The molecule has 10 heteroatoms. The predicted octanol–water partition coefficient (Wildman–Crippen LogP) is -2.98. The molecule has 0 aromatic carbocycles. The van der Waals surface area contributed by atoms with Crippen molar-refractivity contribution >= 4 is 16.4 Å². The summed E-state index contributed by atoms with van der Waals surface area (Å²) in [6, 6.07) is -1.68. The maximum Gasteiger partial charge on any atom is 1.00 e. The number of nitrogens with zero attached hydrogens (tertiary/aromatic N) is 2. The van der Waals surface area contributed by atoms with Crippen LogP contribution in [0.5, 0.6) is 0 Å². The molecule has 0 N–H and O–H groups in total. The molecule has 112 valence electrons. The van der Waals surface area contributed by atoms with E-state index in [0.717, 1.165) is 0 Å². The first-order valence-corrected chi connectivity index (χ1v) is 7.19. The molecule has 2 bridgehead atoms. The van der Waals surface area contributed by atoms with Crippen molar-refractivity contribution in [2.45, 2.75) is 19.0 Å². The normalized spacial score (nSPS) is 24.7. The second-order valence-corrected chi connectivity index (χ2v) is 5.65. The minimum absolute atomic E-state index is 0. The predicted molar refractivity (Wildman–Crippen MR) is 67.1 cm³/mol. The Labute approximate surface area is 145 Å². The van der Waals surface area contributed by atoms with Gasteiger partial charge >= 0.3 is 35.6 Å². The van der Waals surface area contributed by atoms with Crippen molar-refractivity contribution in [3.8, 4) is 0 Å². The van der Waals surface area contributed by atoms with Crippen LogP contribution in [0.15, 0.2) is 23.8 Å². The first-order valence-electron chi connectivity index (χ1n) is 5.86. The first kappa shape index (κ1) is 18.6. The van der Waals surface area contributed by atoms with Gasteiger partial charge in [0.15, 0.2) is 0 Å². The fourth-order valence-electron chi connectivity index (χ4n) is 2.43. The van der Waals surface area contributed by atoms with Gasteiger partial charge in [0.1, 0.15) is 6.04 Å². The average Bonchev–Trinajstić information content (AvgIpc) is 2.57. The van der Waals surface area contributed by atoms with Gasteiger partial charge in [0.25, 0.3) is 0 Å². The summed E-state index contributed by atoms with van der Waals surface area (Å²) >= 11 is 0. The number of urea groups is 1. The van der Waals surface area contributed by atoms with Gasteiger partial charge in [-0.25, -0.2) is 13.2 Å². The van der Waals surface area contributed by atoms with E-state index in [4.69, 9.17) is 4.74 Å². The molecule has 2 atom stereocenters. The molecule has 0 aliphatic carbocycles. The number of carbonyl (C=O) groups is 1. The van der Waals surface area contributed by atoms with Crippen LogP contribution in [-0.2, 0) is 19.4 Å². The van der Waals surface area contributed by atoms with Gasteiger partial charge < -0.3 is 14.2 Å². The van der Waals surface area contributed by atoms with E-state index >= 15 is 0 Å². The largest absolute Gasteiger partial charge is 1.00 e. The Morgan fingerprint density at radius 2 is 2.19 bits per heavy atom. The van der Waals surface area contributed by atoms with E-state index in [-0.39, 0.29) is 48.8 Å². The van der Waals surface area contributed by atoms with Crippen molar-refractivity contribution in [3.63, 3.8) is 0 Å². The Hall–Kier alpha value is -0.420. The molecule has 2 aliphatic heterocycles. The van der Waals surface area contributed by atoms with Crippen LogP contribution in [0, 0.1) is 0 Å². The fourth-order valence-corrected chi connectivity index (χ4v) is 2.79. The summed E-state index contributed by atoms with van der Waals surface area (Å²) in [6.07, 6.45) is 1.78. The van der Waals surface area contributed by atoms with Crippen LogP contribution in [-0.4, -0.2) is 61.3 Å². The smallest absolute Gasteiger partial charge is 0.724 e.